The first kappa shape index (κ1) is 13.8. The molecule has 1 rings (SSSR count). The van der Waals surface area contributed by atoms with Crippen molar-refractivity contribution in [1.82, 2.24) is 5.32 Å². The summed E-state index contributed by atoms with van der Waals surface area (Å²) < 4.78 is 5.36. The third-order valence-electron chi connectivity index (χ3n) is 2.56. The van der Waals surface area contributed by atoms with E-state index in [0.29, 0.717) is 5.02 Å². The predicted molar refractivity (Wildman–Crippen MR) is 69.5 cm³/mol. The molecule has 17 heavy (non-hydrogen) atoms. The Kier molecular flexibility index (Phi) is 5.27. The van der Waals surface area contributed by atoms with E-state index in [4.69, 9.17) is 21.6 Å². The quantitative estimate of drug-likeness (QED) is 0.876. The normalized spacial score (nSPS) is 11.9. The van der Waals surface area contributed by atoms with Crippen LogP contribution in [0.25, 0.3) is 0 Å². The molecular weight excluding hydrogens is 236 g/mol. The molecule has 3 nitrogen and oxygen atoms in total. The molecule has 4 heteroatoms. The van der Waals surface area contributed by atoms with E-state index in [-0.39, 0.29) is 6.04 Å². The van der Waals surface area contributed by atoms with Gasteiger partial charge in [0.2, 0.25) is 0 Å². The molecule has 0 heterocycles. The molecule has 0 saturated carbocycles. The molecule has 1 unspecified atom stereocenters. The zero-order valence-electron chi connectivity index (χ0n) is 10.4. The van der Waals surface area contributed by atoms with E-state index in [2.05, 4.69) is 11.4 Å². The molecule has 0 aliphatic heterocycles. The monoisotopic (exact) mass is 252 g/mol. The van der Waals surface area contributed by atoms with Crippen molar-refractivity contribution in [2.24, 2.45) is 0 Å². The van der Waals surface area contributed by atoms with E-state index in [1.165, 1.54) is 0 Å². The van der Waals surface area contributed by atoms with Crippen molar-refractivity contribution in [2.75, 3.05) is 13.7 Å². The molecule has 0 radical (unpaired) electrons. The highest BCUT2D eigenvalue weighted by Crippen LogP contribution is 2.27. The maximum Gasteiger partial charge on any atom is 0.125 e. The topological polar surface area (TPSA) is 45.0 Å². The van der Waals surface area contributed by atoms with E-state index in [9.17, 15) is 0 Å². The number of ether oxygens (including phenoxy) is 1. The molecule has 0 bridgehead atoms. The summed E-state index contributed by atoms with van der Waals surface area (Å²) in [6.45, 7) is 4.53. The summed E-state index contributed by atoms with van der Waals surface area (Å²) in [5.41, 5.74) is 2.10. The molecule has 1 aromatic carbocycles. The molecule has 0 amide bonds. The van der Waals surface area contributed by atoms with E-state index in [1.807, 2.05) is 26.0 Å². The molecule has 0 aliphatic carbocycles. The summed E-state index contributed by atoms with van der Waals surface area (Å²) in [5, 5.41) is 12.5. The van der Waals surface area contributed by atoms with Gasteiger partial charge in [0, 0.05) is 11.6 Å². The lowest BCUT2D eigenvalue weighted by atomic mass is 10.1. The second kappa shape index (κ2) is 6.48. The van der Waals surface area contributed by atoms with Crippen LogP contribution in [0.15, 0.2) is 12.1 Å². The third kappa shape index (κ3) is 3.92. The molecule has 0 fully saturated rings. The van der Waals surface area contributed by atoms with Crippen LogP contribution in [0.1, 0.15) is 18.1 Å². The molecular formula is C13H17ClN2O. The summed E-state index contributed by atoms with van der Waals surface area (Å²) in [6.07, 6.45) is 0.788. The number of methoxy groups -OCH3 is 1. The lowest BCUT2D eigenvalue weighted by Crippen LogP contribution is -2.26. The fourth-order valence-corrected chi connectivity index (χ4v) is 2.04. The zero-order valence-corrected chi connectivity index (χ0v) is 11.1. The number of rotatable bonds is 5. The van der Waals surface area contributed by atoms with Gasteiger partial charge in [-0.1, -0.05) is 11.6 Å². The summed E-state index contributed by atoms with van der Waals surface area (Å²) >= 11 is 6.02. The Labute approximate surface area is 107 Å². The average Bonchev–Trinajstić information content (AvgIpc) is 2.28. The van der Waals surface area contributed by atoms with E-state index < -0.39 is 0 Å². The van der Waals surface area contributed by atoms with Crippen molar-refractivity contribution in [3.63, 3.8) is 0 Å². The van der Waals surface area contributed by atoms with Gasteiger partial charge in [-0.2, -0.15) is 5.26 Å². The largest absolute Gasteiger partial charge is 0.496 e. The molecule has 0 aromatic heterocycles. The molecule has 0 aliphatic rings. The van der Waals surface area contributed by atoms with Gasteiger partial charge in [-0.15, -0.1) is 0 Å². The van der Waals surface area contributed by atoms with Crippen LogP contribution >= 0.6 is 11.6 Å². The highest BCUT2D eigenvalue weighted by molar-refractivity contribution is 6.30. The standard InChI is InChI=1S/C13H17ClN2O/c1-9-6-12(14)7-11(13(9)17-3)4-5-16-10(2)8-15/h6-7,10,16H,4-5H2,1-3H3. The maximum absolute atomic E-state index is 8.66. The van der Waals surface area contributed by atoms with Crippen LogP contribution in [0, 0.1) is 18.3 Å². The molecule has 92 valence electrons. The van der Waals surface area contributed by atoms with Crippen molar-refractivity contribution in [1.29, 1.82) is 5.26 Å². The van der Waals surface area contributed by atoms with E-state index >= 15 is 0 Å². The number of halogens is 1. The smallest absolute Gasteiger partial charge is 0.125 e. The number of aryl methyl sites for hydroxylation is 1. The number of benzene rings is 1. The number of hydrogen-bond acceptors (Lipinski definition) is 3. The summed E-state index contributed by atoms with van der Waals surface area (Å²) in [4.78, 5) is 0. The second-order valence-corrected chi connectivity index (χ2v) is 4.41. The maximum atomic E-state index is 8.66. The highest BCUT2D eigenvalue weighted by Gasteiger charge is 2.08. The Bertz CT molecular complexity index is 426. The first-order valence-corrected chi connectivity index (χ1v) is 5.92. The van der Waals surface area contributed by atoms with Gasteiger partial charge in [0.15, 0.2) is 0 Å². The van der Waals surface area contributed by atoms with Gasteiger partial charge >= 0.3 is 0 Å². The van der Waals surface area contributed by atoms with Gasteiger partial charge in [-0.25, -0.2) is 0 Å². The van der Waals surface area contributed by atoms with Gasteiger partial charge in [-0.3, -0.25) is 0 Å². The van der Waals surface area contributed by atoms with Gasteiger partial charge in [0.25, 0.3) is 0 Å². The molecule has 0 spiro atoms. The Hall–Kier alpha value is -1.24. The van der Waals surface area contributed by atoms with Gasteiger partial charge < -0.3 is 10.1 Å². The van der Waals surface area contributed by atoms with Crippen LogP contribution in [-0.2, 0) is 6.42 Å². The summed E-state index contributed by atoms with van der Waals surface area (Å²) in [7, 11) is 1.66. The van der Waals surface area contributed by atoms with Gasteiger partial charge in [0.05, 0.1) is 19.2 Å². The molecule has 1 N–H and O–H groups in total. The van der Waals surface area contributed by atoms with Crippen LogP contribution < -0.4 is 10.1 Å². The molecule has 1 atom stereocenters. The van der Waals surface area contributed by atoms with E-state index in [0.717, 1.165) is 29.8 Å². The van der Waals surface area contributed by atoms with Crippen molar-refractivity contribution < 1.29 is 4.74 Å². The third-order valence-corrected chi connectivity index (χ3v) is 2.78. The SMILES string of the molecule is COc1c(C)cc(Cl)cc1CCNC(C)C#N. The summed E-state index contributed by atoms with van der Waals surface area (Å²) in [5.74, 6) is 0.876. The fraction of sp³-hybridized carbons (Fsp3) is 0.462. The van der Waals surface area contributed by atoms with Crippen LogP contribution in [0.5, 0.6) is 5.75 Å². The number of nitrogens with zero attached hydrogens (tertiary/aromatic N) is 1. The number of nitrogens with one attached hydrogen (secondary N) is 1. The van der Waals surface area contributed by atoms with E-state index in [1.54, 1.807) is 7.11 Å². The lowest BCUT2D eigenvalue weighted by Gasteiger charge is -2.13. The average molecular weight is 253 g/mol. The first-order valence-electron chi connectivity index (χ1n) is 5.54. The minimum absolute atomic E-state index is 0.138. The van der Waals surface area contributed by atoms with Crippen molar-refractivity contribution in [2.45, 2.75) is 26.3 Å². The van der Waals surface area contributed by atoms with Gasteiger partial charge in [0.1, 0.15) is 5.75 Å². The second-order valence-electron chi connectivity index (χ2n) is 3.97. The first-order chi connectivity index (χ1) is 8.08. The fourth-order valence-electron chi connectivity index (χ4n) is 1.75. The van der Waals surface area contributed by atoms with Crippen LogP contribution in [0.3, 0.4) is 0 Å². The zero-order chi connectivity index (χ0) is 12.8. The Balaban J connectivity index is 2.73. The van der Waals surface area contributed by atoms with Gasteiger partial charge in [-0.05, 0) is 43.5 Å². The lowest BCUT2D eigenvalue weighted by molar-refractivity contribution is 0.406. The van der Waals surface area contributed by atoms with Crippen LogP contribution in [0.2, 0.25) is 5.02 Å². The minimum Gasteiger partial charge on any atom is -0.496 e. The van der Waals surface area contributed by atoms with Crippen LogP contribution in [0.4, 0.5) is 0 Å². The molecule has 0 saturated heterocycles. The highest BCUT2D eigenvalue weighted by atomic mass is 35.5. The Morgan fingerprint density at radius 3 is 2.82 bits per heavy atom. The number of hydrogen-bond donors (Lipinski definition) is 1. The Morgan fingerprint density at radius 2 is 2.24 bits per heavy atom. The number of nitriles is 1. The minimum atomic E-state index is -0.138. The predicted octanol–water partition coefficient (Wildman–Crippen LogP) is 2.70. The molecule has 1 aromatic rings. The van der Waals surface area contributed by atoms with Crippen molar-refractivity contribution in [3.05, 3.63) is 28.3 Å². The Morgan fingerprint density at radius 1 is 1.53 bits per heavy atom. The summed E-state index contributed by atoms with van der Waals surface area (Å²) in [6, 6.07) is 5.79. The van der Waals surface area contributed by atoms with Crippen molar-refractivity contribution >= 4 is 11.6 Å². The van der Waals surface area contributed by atoms with Crippen LogP contribution in [-0.4, -0.2) is 19.7 Å². The van der Waals surface area contributed by atoms with Crippen molar-refractivity contribution in [3.8, 4) is 11.8 Å².